The van der Waals surface area contributed by atoms with Gasteiger partial charge in [-0.05, 0) is 42.3 Å². The number of pyridine rings is 1. The number of nitrogens with one attached hydrogen (secondary N) is 1. The zero-order valence-electron chi connectivity index (χ0n) is 11.5. The average molecular weight is 232 g/mol. The second-order valence-corrected chi connectivity index (χ2v) is 6.31. The van der Waals surface area contributed by atoms with Crippen molar-refractivity contribution in [2.75, 3.05) is 6.54 Å². The van der Waals surface area contributed by atoms with E-state index in [0.29, 0.717) is 17.4 Å². The van der Waals surface area contributed by atoms with Crippen molar-refractivity contribution in [2.24, 2.45) is 11.3 Å². The Kier molecular flexibility index (Phi) is 3.53. The molecule has 0 spiro atoms. The topological polar surface area (TPSA) is 24.9 Å². The molecule has 0 bridgehead atoms. The first-order chi connectivity index (χ1) is 7.98. The zero-order valence-corrected chi connectivity index (χ0v) is 11.5. The summed E-state index contributed by atoms with van der Waals surface area (Å²) in [6.07, 6.45) is 4.28. The minimum Gasteiger partial charge on any atom is -0.308 e. The van der Waals surface area contributed by atoms with Gasteiger partial charge in [0.05, 0.1) is 11.7 Å². The molecular formula is C15H24N2. The van der Waals surface area contributed by atoms with Gasteiger partial charge >= 0.3 is 0 Å². The summed E-state index contributed by atoms with van der Waals surface area (Å²) >= 11 is 0. The number of fused-ring (bicyclic) bond motifs is 1. The summed E-state index contributed by atoms with van der Waals surface area (Å²) in [5, 5.41) is 3.68. The molecule has 1 N–H and O–H groups in total. The molecule has 1 aliphatic carbocycles. The summed E-state index contributed by atoms with van der Waals surface area (Å²) in [4.78, 5) is 4.52. The SMILES string of the molecule is CC(CNC1CCc2cccnc21)C(C)(C)C. The fourth-order valence-electron chi connectivity index (χ4n) is 2.24. The molecule has 2 heteroatoms. The lowest BCUT2D eigenvalue weighted by atomic mass is 9.82. The van der Waals surface area contributed by atoms with Crippen molar-refractivity contribution < 1.29 is 0 Å². The van der Waals surface area contributed by atoms with E-state index < -0.39 is 0 Å². The molecule has 0 saturated carbocycles. The van der Waals surface area contributed by atoms with E-state index in [0.717, 1.165) is 6.54 Å². The molecule has 2 unspecified atom stereocenters. The van der Waals surface area contributed by atoms with Gasteiger partial charge in [0.2, 0.25) is 0 Å². The lowest BCUT2D eigenvalue weighted by Gasteiger charge is -2.28. The third kappa shape index (κ3) is 2.86. The Morgan fingerprint density at radius 2 is 2.24 bits per heavy atom. The number of aromatic nitrogens is 1. The Morgan fingerprint density at radius 3 is 2.94 bits per heavy atom. The van der Waals surface area contributed by atoms with Crippen LogP contribution in [0, 0.1) is 11.3 Å². The van der Waals surface area contributed by atoms with Crippen molar-refractivity contribution in [1.82, 2.24) is 10.3 Å². The van der Waals surface area contributed by atoms with Crippen molar-refractivity contribution in [3.63, 3.8) is 0 Å². The molecule has 1 heterocycles. The zero-order chi connectivity index (χ0) is 12.5. The molecule has 0 radical (unpaired) electrons. The van der Waals surface area contributed by atoms with E-state index in [-0.39, 0.29) is 0 Å². The molecule has 0 fully saturated rings. The number of nitrogens with zero attached hydrogens (tertiary/aromatic N) is 1. The largest absolute Gasteiger partial charge is 0.308 e. The lowest BCUT2D eigenvalue weighted by Crippen LogP contribution is -2.31. The van der Waals surface area contributed by atoms with Gasteiger partial charge < -0.3 is 5.32 Å². The highest BCUT2D eigenvalue weighted by Gasteiger charge is 2.25. The van der Waals surface area contributed by atoms with Gasteiger partial charge in [-0.1, -0.05) is 33.8 Å². The Hall–Kier alpha value is -0.890. The predicted molar refractivity (Wildman–Crippen MR) is 71.9 cm³/mol. The van der Waals surface area contributed by atoms with Crippen LogP contribution in [0.1, 0.15) is 51.4 Å². The van der Waals surface area contributed by atoms with Crippen LogP contribution in [0.4, 0.5) is 0 Å². The molecule has 0 aliphatic heterocycles. The van der Waals surface area contributed by atoms with E-state index in [1.165, 1.54) is 24.1 Å². The Labute approximate surface area is 105 Å². The van der Waals surface area contributed by atoms with E-state index in [1.54, 1.807) is 0 Å². The van der Waals surface area contributed by atoms with Crippen LogP contribution < -0.4 is 5.32 Å². The average Bonchev–Trinajstić information content (AvgIpc) is 2.68. The molecule has 1 aromatic rings. The maximum Gasteiger partial charge on any atom is 0.0605 e. The van der Waals surface area contributed by atoms with Crippen LogP contribution in [0.5, 0.6) is 0 Å². The maximum absolute atomic E-state index is 4.52. The predicted octanol–water partition coefficient (Wildman–Crippen LogP) is 3.34. The highest BCUT2D eigenvalue weighted by Crippen LogP contribution is 2.30. The van der Waals surface area contributed by atoms with Gasteiger partial charge in [0.15, 0.2) is 0 Å². The molecule has 2 nitrogen and oxygen atoms in total. The molecule has 0 amide bonds. The standard InChI is InChI=1S/C15H24N2/c1-11(15(2,3)4)10-17-13-8-7-12-6-5-9-16-14(12)13/h5-6,9,11,13,17H,7-8,10H2,1-4H3. The van der Waals surface area contributed by atoms with Crippen molar-refractivity contribution in [3.8, 4) is 0 Å². The van der Waals surface area contributed by atoms with E-state index in [1.807, 2.05) is 12.3 Å². The highest BCUT2D eigenvalue weighted by atomic mass is 15.0. The Morgan fingerprint density at radius 1 is 1.47 bits per heavy atom. The Bertz CT molecular complexity index is 379. The van der Waals surface area contributed by atoms with Crippen molar-refractivity contribution in [1.29, 1.82) is 0 Å². The van der Waals surface area contributed by atoms with Crippen molar-refractivity contribution in [3.05, 3.63) is 29.6 Å². The summed E-state index contributed by atoms with van der Waals surface area (Å²) in [5.74, 6) is 0.676. The Balaban J connectivity index is 1.94. The van der Waals surface area contributed by atoms with Crippen LogP contribution in [0.3, 0.4) is 0 Å². The summed E-state index contributed by atoms with van der Waals surface area (Å²) in [5.41, 5.74) is 3.07. The van der Waals surface area contributed by atoms with Gasteiger partial charge in [-0.2, -0.15) is 0 Å². The van der Waals surface area contributed by atoms with E-state index in [2.05, 4.69) is 44.1 Å². The van der Waals surface area contributed by atoms with Gasteiger partial charge in [0.1, 0.15) is 0 Å². The van der Waals surface area contributed by atoms with E-state index in [9.17, 15) is 0 Å². The smallest absolute Gasteiger partial charge is 0.0605 e. The fourth-order valence-corrected chi connectivity index (χ4v) is 2.24. The molecular weight excluding hydrogens is 208 g/mol. The molecule has 1 aliphatic rings. The van der Waals surface area contributed by atoms with Crippen LogP contribution in [0.25, 0.3) is 0 Å². The van der Waals surface area contributed by atoms with Crippen LogP contribution in [0.15, 0.2) is 18.3 Å². The van der Waals surface area contributed by atoms with Crippen molar-refractivity contribution >= 4 is 0 Å². The van der Waals surface area contributed by atoms with Crippen molar-refractivity contribution in [2.45, 2.75) is 46.6 Å². The van der Waals surface area contributed by atoms with Gasteiger partial charge in [0, 0.05) is 6.20 Å². The third-order valence-electron chi connectivity index (χ3n) is 4.11. The molecule has 17 heavy (non-hydrogen) atoms. The second kappa shape index (κ2) is 4.77. The van der Waals surface area contributed by atoms with Gasteiger partial charge in [-0.25, -0.2) is 0 Å². The maximum atomic E-state index is 4.52. The second-order valence-electron chi connectivity index (χ2n) is 6.31. The number of aryl methyl sites for hydroxylation is 1. The molecule has 0 aromatic carbocycles. The fraction of sp³-hybridized carbons (Fsp3) is 0.667. The highest BCUT2D eigenvalue weighted by molar-refractivity contribution is 5.27. The normalized spacial score (nSPS) is 21.3. The van der Waals surface area contributed by atoms with E-state index >= 15 is 0 Å². The lowest BCUT2D eigenvalue weighted by molar-refractivity contribution is 0.244. The quantitative estimate of drug-likeness (QED) is 0.864. The van der Waals surface area contributed by atoms with Crippen LogP contribution in [-0.2, 0) is 6.42 Å². The summed E-state index contributed by atoms with van der Waals surface area (Å²) < 4.78 is 0. The summed E-state index contributed by atoms with van der Waals surface area (Å²) in [6, 6.07) is 4.71. The molecule has 94 valence electrons. The monoisotopic (exact) mass is 232 g/mol. The van der Waals surface area contributed by atoms with Gasteiger partial charge in [-0.3, -0.25) is 4.98 Å². The first kappa shape index (κ1) is 12.6. The van der Waals surface area contributed by atoms with Crippen LogP contribution in [0.2, 0.25) is 0 Å². The first-order valence-electron chi connectivity index (χ1n) is 6.65. The molecule has 0 saturated heterocycles. The summed E-state index contributed by atoms with van der Waals surface area (Å²) in [6.45, 7) is 10.3. The molecule has 2 atom stereocenters. The van der Waals surface area contributed by atoms with Crippen LogP contribution in [-0.4, -0.2) is 11.5 Å². The first-order valence-corrected chi connectivity index (χ1v) is 6.65. The van der Waals surface area contributed by atoms with E-state index in [4.69, 9.17) is 0 Å². The molecule has 1 aromatic heterocycles. The third-order valence-corrected chi connectivity index (χ3v) is 4.11. The van der Waals surface area contributed by atoms with Gasteiger partial charge in [-0.15, -0.1) is 0 Å². The van der Waals surface area contributed by atoms with Gasteiger partial charge in [0.25, 0.3) is 0 Å². The minimum absolute atomic E-state index is 0.374. The number of hydrogen-bond donors (Lipinski definition) is 1. The van der Waals surface area contributed by atoms with Crippen LogP contribution >= 0.6 is 0 Å². The summed E-state index contributed by atoms with van der Waals surface area (Å²) in [7, 11) is 0. The minimum atomic E-state index is 0.374. The molecule has 2 rings (SSSR count). The number of hydrogen-bond acceptors (Lipinski definition) is 2. The number of rotatable bonds is 3.